The van der Waals surface area contributed by atoms with Crippen molar-refractivity contribution in [2.75, 3.05) is 0 Å². The average molecular weight is 330 g/mol. The standard InChI is InChI=1S/C21H30O3/c1-13(22)21(24)11-8-18-16-5-4-14-12-15(23)6-9-19(14,2)17(16)7-10-20(18,21)3/h4-5,7,13,15,18,22-24H,6,8-12H2,1-3H3/t13-,15?,18-,19-,20-,21-/m0/s1. The van der Waals surface area contributed by atoms with Crippen LogP contribution in [0, 0.1) is 16.7 Å². The highest BCUT2D eigenvalue weighted by Gasteiger charge is 2.61. The Hall–Kier alpha value is -0.900. The van der Waals surface area contributed by atoms with Gasteiger partial charge in [0.25, 0.3) is 0 Å². The fourth-order valence-electron chi connectivity index (χ4n) is 6.09. The lowest BCUT2D eigenvalue weighted by Crippen LogP contribution is -2.54. The van der Waals surface area contributed by atoms with Gasteiger partial charge in [-0.1, -0.05) is 37.6 Å². The van der Waals surface area contributed by atoms with Crippen LogP contribution in [0.4, 0.5) is 0 Å². The summed E-state index contributed by atoms with van der Waals surface area (Å²) in [5.74, 6) is 0.304. The molecule has 0 amide bonds. The molecule has 132 valence electrons. The molecule has 0 saturated heterocycles. The molecular formula is C21H30O3. The first-order chi connectivity index (χ1) is 11.2. The summed E-state index contributed by atoms with van der Waals surface area (Å²) >= 11 is 0. The summed E-state index contributed by atoms with van der Waals surface area (Å²) in [7, 11) is 0. The average Bonchev–Trinajstić information content (AvgIpc) is 2.81. The summed E-state index contributed by atoms with van der Waals surface area (Å²) in [6, 6.07) is 0. The predicted octanol–water partition coefficient (Wildman–Crippen LogP) is 3.26. The van der Waals surface area contributed by atoms with Gasteiger partial charge in [-0.25, -0.2) is 0 Å². The van der Waals surface area contributed by atoms with E-state index in [9.17, 15) is 15.3 Å². The van der Waals surface area contributed by atoms with E-state index in [0.29, 0.717) is 12.3 Å². The zero-order chi connectivity index (χ0) is 17.3. The smallest absolute Gasteiger partial charge is 0.0964 e. The Morgan fingerprint density at radius 2 is 1.92 bits per heavy atom. The summed E-state index contributed by atoms with van der Waals surface area (Å²) in [5.41, 5.74) is 2.87. The van der Waals surface area contributed by atoms with Gasteiger partial charge in [0.1, 0.15) is 0 Å². The van der Waals surface area contributed by atoms with Crippen LogP contribution in [0.2, 0.25) is 0 Å². The lowest BCUT2D eigenvalue weighted by atomic mass is 9.54. The van der Waals surface area contributed by atoms with Crippen LogP contribution in [-0.4, -0.2) is 33.1 Å². The Kier molecular flexibility index (Phi) is 3.49. The molecule has 0 aromatic rings. The fourth-order valence-corrected chi connectivity index (χ4v) is 6.09. The molecular weight excluding hydrogens is 300 g/mol. The number of allylic oxidation sites excluding steroid dienone is 5. The molecule has 4 rings (SSSR count). The maximum atomic E-state index is 11.2. The molecule has 0 aliphatic heterocycles. The highest BCUT2D eigenvalue weighted by atomic mass is 16.3. The highest BCUT2D eigenvalue weighted by molar-refractivity contribution is 5.54. The first-order valence-electron chi connectivity index (χ1n) is 9.43. The van der Waals surface area contributed by atoms with Crippen LogP contribution in [0.1, 0.15) is 59.3 Å². The van der Waals surface area contributed by atoms with Gasteiger partial charge in [-0.2, -0.15) is 0 Å². The predicted molar refractivity (Wildman–Crippen MR) is 94.3 cm³/mol. The monoisotopic (exact) mass is 330 g/mol. The third kappa shape index (κ3) is 1.89. The molecule has 2 saturated carbocycles. The molecule has 1 unspecified atom stereocenters. The molecule has 3 N–H and O–H groups in total. The van der Waals surface area contributed by atoms with Gasteiger partial charge in [0.2, 0.25) is 0 Å². The van der Waals surface area contributed by atoms with Gasteiger partial charge in [-0.05, 0) is 62.5 Å². The van der Waals surface area contributed by atoms with E-state index >= 15 is 0 Å². The molecule has 0 bridgehead atoms. The Balaban J connectivity index is 1.79. The molecule has 3 nitrogen and oxygen atoms in total. The van der Waals surface area contributed by atoms with E-state index in [1.807, 2.05) is 0 Å². The highest BCUT2D eigenvalue weighted by Crippen LogP contribution is 2.64. The normalized spacial score (nSPS) is 48.5. The quantitative estimate of drug-likeness (QED) is 0.691. The van der Waals surface area contributed by atoms with Gasteiger partial charge < -0.3 is 15.3 Å². The first kappa shape index (κ1) is 16.6. The minimum atomic E-state index is -1.01. The number of aliphatic hydroxyl groups excluding tert-OH is 2. The molecule has 4 aliphatic rings. The van der Waals surface area contributed by atoms with Crippen molar-refractivity contribution in [2.24, 2.45) is 16.7 Å². The first-order valence-corrected chi connectivity index (χ1v) is 9.43. The largest absolute Gasteiger partial charge is 0.393 e. The molecule has 3 heteroatoms. The topological polar surface area (TPSA) is 60.7 Å². The van der Waals surface area contributed by atoms with Crippen LogP contribution in [0.3, 0.4) is 0 Å². The van der Waals surface area contributed by atoms with Crippen LogP contribution in [0.25, 0.3) is 0 Å². The third-order valence-electron chi connectivity index (χ3n) is 7.88. The second kappa shape index (κ2) is 5.06. The van der Waals surface area contributed by atoms with Crippen LogP contribution in [-0.2, 0) is 0 Å². The minimum absolute atomic E-state index is 0.0379. The summed E-state index contributed by atoms with van der Waals surface area (Å²) in [5, 5.41) is 31.5. The van der Waals surface area contributed by atoms with Crippen molar-refractivity contribution in [1.29, 1.82) is 0 Å². The van der Waals surface area contributed by atoms with Crippen molar-refractivity contribution in [3.63, 3.8) is 0 Å². The second-order valence-corrected chi connectivity index (χ2v) is 8.97. The van der Waals surface area contributed by atoms with Crippen LogP contribution in [0.5, 0.6) is 0 Å². The maximum absolute atomic E-state index is 11.2. The molecule has 0 aromatic heterocycles. The summed E-state index contributed by atoms with van der Waals surface area (Å²) < 4.78 is 0. The zero-order valence-corrected chi connectivity index (χ0v) is 15.0. The molecule has 0 spiro atoms. The molecule has 2 fully saturated rings. The molecule has 0 radical (unpaired) electrons. The fraction of sp³-hybridized carbons (Fsp3) is 0.714. The molecule has 0 aromatic carbocycles. The number of hydrogen-bond donors (Lipinski definition) is 3. The van der Waals surface area contributed by atoms with Gasteiger partial charge in [0, 0.05) is 10.8 Å². The van der Waals surface area contributed by atoms with E-state index in [2.05, 4.69) is 32.1 Å². The van der Waals surface area contributed by atoms with Crippen LogP contribution >= 0.6 is 0 Å². The number of hydrogen-bond acceptors (Lipinski definition) is 3. The summed E-state index contributed by atoms with van der Waals surface area (Å²) in [6.45, 7) is 6.20. The second-order valence-electron chi connectivity index (χ2n) is 8.97. The van der Waals surface area contributed by atoms with Crippen molar-refractivity contribution in [3.8, 4) is 0 Å². The number of aliphatic hydroxyl groups is 3. The van der Waals surface area contributed by atoms with Crippen molar-refractivity contribution in [1.82, 2.24) is 0 Å². The molecule has 4 aliphatic carbocycles. The van der Waals surface area contributed by atoms with E-state index in [1.54, 1.807) is 6.92 Å². The van der Waals surface area contributed by atoms with Crippen LogP contribution < -0.4 is 0 Å². The molecule has 24 heavy (non-hydrogen) atoms. The van der Waals surface area contributed by atoms with E-state index in [-0.39, 0.29) is 16.9 Å². The summed E-state index contributed by atoms with van der Waals surface area (Å²) in [4.78, 5) is 0. The molecule has 6 atom stereocenters. The zero-order valence-electron chi connectivity index (χ0n) is 15.0. The van der Waals surface area contributed by atoms with E-state index in [4.69, 9.17) is 0 Å². The van der Waals surface area contributed by atoms with Crippen LogP contribution in [0.15, 0.2) is 34.9 Å². The van der Waals surface area contributed by atoms with E-state index in [1.165, 1.54) is 16.7 Å². The Bertz CT molecular complexity index is 658. The maximum Gasteiger partial charge on any atom is 0.0964 e. The Labute approximate surface area is 144 Å². The van der Waals surface area contributed by atoms with Gasteiger partial charge in [-0.3, -0.25) is 0 Å². The van der Waals surface area contributed by atoms with Crippen molar-refractivity contribution in [3.05, 3.63) is 34.9 Å². The number of fused-ring (bicyclic) bond motifs is 5. The number of rotatable bonds is 1. The van der Waals surface area contributed by atoms with E-state index in [0.717, 1.165) is 32.1 Å². The van der Waals surface area contributed by atoms with Gasteiger partial charge >= 0.3 is 0 Å². The van der Waals surface area contributed by atoms with Crippen molar-refractivity contribution in [2.45, 2.75) is 77.1 Å². The Morgan fingerprint density at radius 1 is 1.17 bits per heavy atom. The third-order valence-corrected chi connectivity index (χ3v) is 7.88. The van der Waals surface area contributed by atoms with Gasteiger partial charge in [-0.15, -0.1) is 0 Å². The van der Waals surface area contributed by atoms with Crippen molar-refractivity contribution < 1.29 is 15.3 Å². The van der Waals surface area contributed by atoms with Gasteiger partial charge in [0.05, 0.1) is 17.8 Å². The lowest BCUT2D eigenvalue weighted by molar-refractivity contribution is -0.137. The molecule has 0 heterocycles. The van der Waals surface area contributed by atoms with Crippen molar-refractivity contribution >= 4 is 0 Å². The lowest BCUT2D eigenvalue weighted by Gasteiger charge is -2.52. The SMILES string of the molecule is C[C@H](O)[C@@]1(O)CC[C@H]2C3=CC=C4CC(O)CC[C@]4(C)C3=CC[C@@]21C. The van der Waals surface area contributed by atoms with E-state index < -0.39 is 11.7 Å². The Morgan fingerprint density at radius 3 is 2.62 bits per heavy atom. The van der Waals surface area contributed by atoms with Gasteiger partial charge in [0.15, 0.2) is 0 Å². The minimum Gasteiger partial charge on any atom is -0.393 e. The summed E-state index contributed by atoms with van der Waals surface area (Å²) in [6.07, 6.45) is 10.9.